The molecule has 7 nitrogen and oxygen atoms in total. The quantitative estimate of drug-likeness (QED) is 0.830. The van der Waals surface area contributed by atoms with Crippen LogP contribution in [0.15, 0.2) is 12.3 Å². The number of nitrogens with one attached hydrogen (secondary N) is 1. The highest BCUT2D eigenvalue weighted by Gasteiger charge is 2.28. The van der Waals surface area contributed by atoms with E-state index in [-0.39, 0.29) is 17.7 Å². The maximum absolute atomic E-state index is 12.4. The van der Waals surface area contributed by atoms with Crippen molar-refractivity contribution in [1.29, 1.82) is 0 Å². The standard InChI is InChI=1S/C15H25N5O2/c1-12-4-6-20(17-12)7-5-14(21)19-9-8-18(3)10-13(11-19)15(22)16-2/h4,6,13H,5,7-11H2,1-3H3,(H,16,22)/t13-/m1/s1. The van der Waals surface area contributed by atoms with Crippen molar-refractivity contribution < 1.29 is 9.59 Å². The summed E-state index contributed by atoms with van der Waals surface area (Å²) in [7, 11) is 3.62. The fourth-order valence-corrected chi connectivity index (χ4v) is 2.73. The van der Waals surface area contributed by atoms with Gasteiger partial charge >= 0.3 is 0 Å². The van der Waals surface area contributed by atoms with Crippen molar-refractivity contribution in [2.45, 2.75) is 19.9 Å². The monoisotopic (exact) mass is 307 g/mol. The maximum Gasteiger partial charge on any atom is 0.225 e. The van der Waals surface area contributed by atoms with Gasteiger partial charge in [0.15, 0.2) is 0 Å². The Morgan fingerprint density at radius 3 is 2.77 bits per heavy atom. The van der Waals surface area contributed by atoms with Crippen molar-refractivity contribution in [3.63, 3.8) is 0 Å². The van der Waals surface area contributed by atoms with E-state index in [2.05, 4.69) is 15.3 Å². The Hall–Kier alpha value is -1.89. The smallest absolute Gasteiger partial charge is 0.225 e. The summed E-state index contributed by atoms with van der Waals surface area (Å²) in [6.07, 6.45) is 2.29. The number of aryl methyl sites for hydroxylation is 2. The number of amides is 2. The van der Waals surface area contributed by atoms with E-state index in [1.165, 1.54) is 0 Å². The lowest BCUT2D eigenvalue weighted by Crippen LogP contribution is -2.41. The predicted octanol–water partition coefficient (Wildman–Crippen LogP) is -0.282. The van der Waals surface area contributed by atoms with Crippen molar-refractivity contribution in [3.05, 3.63) is 18.0 Å². The third-order valence-electron chi connectivity index (χ3n) is 4.02. The van der Waals surface area contributed by atoms with E-state index in [4.69, 9.17) is 0 Å². The molecule has 2 rings (SSSR count). The minimum absolute atomic E-state index is 0.00532. The van der Waals surface area contributed by atoms with Crippen LogP contribution in [0.1, 0.15) is 12.1 Å². The molecule has 0 aliphatic carbocycles. The molecule has 1 aromatic heterocycles. The summed E-state index contributed by atoms with van der Waals surface area (Å²) in [6.45, 7) is 5.13. The largest absolute Gasteiger partial charge is 0.359 e. The third kappa shape index (κ3) is 4.30. The summed E-state index contributed by atoms with van der Waals surface area (Å²) in [6, 6.07) is 1.92. The number of hydrogen-bond acceptors (Lipinski definition) is 4. The van der Waals surface area contributed by atoms with Crippen LogP contribution in [0, 0.1) is 12.8 Å². The van der Waals surface area contributed by atoms with Gasteiger partial charge in [0.05, 0.1) is 11.6 Å². The minimum atomic E-state index is -0.173. The second kappa shape index (κ2) is 7.40. The maximum atomic E-state index is 12.4. The van der Waals surface area contributed by atoms with Gasteiger partial charge in [-0.2, -0.15) is 5.10 Å². The van der Waals surface area contributed by atoms with Gasteiger partial charge in [0.1, 0.15) is 0 Å². The lowest BCUT2D eigenvalue weighted by Gasteiger charge is -2.23. The normalized spacial score (nSPS) is 19.8. The first-order valence-corrected chi connectivity index (χ1v) is 7.67. The van der Waals surface area contributed by atoms with Gasteiger partial charge in [-0.3, -0.25) is 14.3 Å². The average Bonchev–Trinajstić information content (AvgIpc) is 2.81. The molecule has 1 fully saturated rings. The Kier molecular flexibility index (Phi) is 5.54. The van der Waals surface area contributed by atoms with Crippen LogP contribution in [-0.4, -0.2) is 71.7 Å². The van der Waals surface area contributed by atoms with Crippen molar-refractivity contribution in [1.82, 2.24) is 24.9 Å². The molecule has 0 saturated carbocycles. The molecule has 1 N–H and O–H groups in total. The van der Waals surface area contributed by atoms with Gasteiger partial charge in [-0.15, -0.1) is 0 Å². The van der Waals surface area contributed by atoms with Crippen LogP contribution in [0.3, 0.4) is 0 Å². The second-order valence-electron chi connectivity index (χ2n) is 5.88. The molecule has 1 aliphatic rings. The van der Waals surface area contributed by atoms with Gasteiger partial charge in [-0.1, -0.05) is 0 Å². The fourth-order valence-electron chi connectivity index (χ4n) is 2.73. The lowest BCUT2D eigenvalue weighted by atomic mass is 10.1. The third-order valence-corrected chi connectivity index (χ3v) is 4.02. The van der Waals surface area contributed by atoms with Crippen LogP contribution in [-0.2, 0) is 16.1 Å². The molecule has 2 amide bonds. The molecule has 1 atom stereocenters. The predicted molar refractivity (Wildman–Crippen MR) is 83.2 cm³/mol. The van der Waals surface area contributed by atoms with Gasteiger partial charge in [-0.05, 0) is 20.0 Å². The van der Waals surface area contributed by atoms with Gasteiger partial charge in [0.2, 0.25) is 11.8 Å². The van der Waals surface area contributed by atoms with E-state index < -0.39 is 0 Å². The fraction of sp³-hybridized carbons (Fsp3) is 0.667. The van der Waals surface area contributed by atoms with Gasteiger partial charge in [0, 0.05) is 52.4 Å². The van der Waals surface area contributed by atoms with E-state index in [9.17, 15) is 9.59 Å². The molecule has 0 unspecified atom stereocenters. The zero-order valence-corrected chi connectivity index (χ0v) is 13.6. The Morgan fingerprint density at radius 1 is 1.36 bits per heavy atom. The van der Waals surface area contributed by atoms with Gasteiger partial charge in [0.25, 0.3) is 0 Å². The molecule has 0 spiro atoms. The summed E-state index contributed by atoms with van der Waals surface area (Å²) >= 11 is 0. The van der Waals surface area contributed by atoms with Crippen molar-refractivity contribution in [3.8, 4) is 0 Å². The highest BCUT2D eigenvalue weighted by Crippen LogP contribution is 2.10. The number of carbonyl (C=O) groups is 2. The number of aromatic nitrogens is 2. The number of rotatable bonds is 4. The zero-order chi connectivity index (χ0) is 16.1. The summed E-state index contributed by atoms with van der Waals surface area (Å²) in [5.41, 5.74) is 0.948. The highest BCUT2D eigenvalue weighted by atomic mass is 16.2. The number of carbonyl (C=O) groups excluding carboxylic acids is 2. The molecule has 0 aromatic carbocycles. The van der Waals surface area contributed by atoms with E-state index >= 15 is 0 Å². The summed E-state index contributed by atoms with van der Waals surface area (Å²) < 4.78 is 1.79. The second-order valence-corrected chi connectivity index (χ2v) is 5.88. The van der Waals surface area contributed by atoms with Crippen LogP contribution < -0.4 is 5.32 Å². The van der Waals surface area contributed by atoms with Gasteiger partial charge < -0.3 is 15.1 Å². The zero-order valence-electron chi connectivity index (χ0n) is 13.6. The van der Waals surface area contributed by atoms with Crippen molar-refractivity contribution in [2.24, 2.45) is 5.92 Å². The van der Waals surface area contributed by atoms with Gasteiger partial charge in [-0.25, -0.2) is 0 Å². The molecular weight excluding hydrogens is 282 g/mol. The summed E-state index contributed by atoms with van der Waals surface area (Å²) in [4.78, 5) is 28.3. The van der Waals surface area contributed by atoms with Crippen molar-refractivity contribution in [2.75, 3.05) is 40.3 Å². The lowest BCUT2D eigenvalue weighted by molar-refractivity contribution is -0.133. The topological polar surface area (TPSA) is 70.5 Å². The molecule has 1 saturated heterocycles. The molecule has 2 heterocycles. The summed E-state index contributed by atoms with van der Waals surface area (Å²) in [5.74, 6) is -0.0972. The molecule has 7 heteroatoms. The first-order chi connectivity index (χ1) is 10.5. The van der Waals surface area contributed by atoms with Crippen LogP contribution in [0.5, 0.6) is 0 Å². The Labute approximate surface area is 131 Å². The summed E-state index contributed by atoms with van der Waals surface area (Å²) in [5, 5.41) is 6.97. The van der Waals surface area contributed by atoms with E-state index in [1.807, 2.05) is 26.2 Å². The number of hydrogen-bond donors (Lipinski definition) is 1. The SMILES string of the molecule is CNC(=O)[C@@H]1CN(C)CCN(C(=O)CCn2ccc(C)n2)C1. The molecule has 0 bridgehead atoms. The average molecular weight is 307 g/mol. The molecular formula is C15H25N5O2. The molecule has 122 valence electrons. The first kappa shape index (κ1) is 16.5. The molecule has 0 radical (unpaired) electrons. The molecule has 1 aliphatic heterocycles. The molecule has 22 heavy (non-hydrogen) atoms. The Morgan fingerprint density at radius 2 is 2.14 bits per heavy atom. The Balaban J connectivity index is 1.93. The van der Waals surface area contributed by atoms with Crippen LogP contribution in [0.25, 0.3) is 0 Å². The van der Waals surface area contributed by atoms with Crippen molar-refractivity contribution >= 4 is 11.8 Å². The van der Waals surface area contributed by atoms with Crippen LogP contribution >= 0.6 is 0 Å². The van der Waals surface area contributed by atoms with E-state index in [0.29, 0.717) is 32.6 Å². The van der Waals surface area contributed by atoms with Crippen LogP contribution in [0.4, 0.5) is 0 Å². The highest BCUT2D eigenvalue weighted by molar-refractivity contribution is 5.81. The Bertz CT molecular complexity index is 528. The minimum Gasteiger partial charge on any atom is -0.359 e. The van der Waals surface area contributed by atoms with E-state index in [0.717, 1.165) is 12.2 Å². The van der Waals surface area contributed by atoms with Crippen LogP contribution in [0.2, 0.25) is 0 Å². The van der Waals surface area contributed by atoms with E-state index in [1.54, 1.807) is 16.6 Å². The number of nitrogens with zero attached hydrogens (tertiary/aromatic N) is 4. The molecule has 1 aromatic rings. The number of likely N-dealkylation sites (N-methyl/N-ethyl adjacent to an activating group) is 1. The first-order valence-electron chi connectivity index (χ1n) is 7.67.